The number of amides is 1. The highest BCUT2D eigenvalue weighted by atomic mass is 16.1. The first kappa shape index (κ1) is 18.4. The zero-order valence-electron chi connectivity index (χ0n) is 13.3. The van der Waals surface area contributed by atoms with Gasteiger partial charge in [0.15, 0.2) is 0 Å². The van der Waals surface area contributed by atoms with Crippen molar-refractivity contribution in [3.63, 3.8) is 0 Å². The molecule has 0 aromatic heterocycles. The lowest BCUT2D eigenvalue weighted by molar-refractivity contribution is -0.123. The van der Waals surface area contributed by atoms with E-state index in [1.165, 1.54) is 57.8 Å². The van der Waals surface area contributed by atoms with Crippen LogP contribution in [0, 0.1) is 0 Å². The Morgan fingerprint density at radius 2 is 1.32 bits per heavy atom. The Labute approximate surface area is 119 Å². The highest BCUT2D eigenvalue weighted by Crippen LogP contribution is 2.10. The molecule has 0 spiro atoms. The molecule has 0 aromatic carbocycles. The molecule has 0 radical (unpaired) electrons. The summed E-state index contributed by atoms with van der Waals surface area (Å²) in [6, 6.07) is 0. The van der Waals surface area contributed by atoms with Crippen LogP contribution in [0.3, 0.4) is 0 Å². The van der Waals surface area contributed by atoms with Gasteiger partial charge < -0.3 is 11.1 Å². The van der Waals surface area contributed by atoms with Crippen LogP contribution in [0.2, 0.25) is 0 Å². The Morgan fingerprint density at radius 1 is 0.895 bits per heavy atom. The van der Waals surface area contributed by atoms with E-state index >= 15 is 0 Å². The molecule has 0 rings (SSSR count). The molecule has 1 amide bonds. The number of nitrogens with one attached hydrogen (secondary N) is 1. The number of carbonyl (C=O) groups is 1. The summed E-state index contributed by atoms with van der Waals surface area (Å²) in [6.45, 7) is 6.82. The van der Waals surface area contributed by atoms with Crippen molar-refractivity contribution in [2.24, 2.45) is 5.73 Å². The standard InChI is InChI=1S/C16H34N2O/c1-4-5-6-7-8-9-10-11-12-13-14-18-16(2,3)15(17)19/h18H,4-14H2,1-3H3,(H2,17,19). The lowest BCUT2D eigenvalue weighted by Gasteiger charge is -2.22. The van der Waals surface area contributed by atoms with E-state index in [2.05, 4.69) is 12.2 Å². The molecule has 3 nitrogen and oxygen atoms in total. The number of primary amides is 1. The average molecular weight is 270 g/mol. The van der Waals surface area contributed by atoms with Gasteiger partial charge in [-0.15, -0.1) is 0 Å². The van der Waals surface area contributed by atoms with Gasteiger partial charge in [0.05, 0.1) is 5.54 Å². The van der Waals surface area contributed by atoms with Crippen molar-refractivity contribution in [2.45, 2.75) is 90.5 Å². The third kappa shape index (κ3) is 11.0. The maximum Gasteiger partial charge on any atom is 0.237 e. The third-order valence-electron chi connectivity index (χ3n) is 3.71. The minimum absolute atomic E-state index is 0.278. The fourth-order valence-corrected chi connectivity index (χ4v) is 2.10. The molecular weight excluding hydrogens is 236 g/mol. The minimum Gasteiger partial charge on any atom is -0.368 e. The quantitative estimate of drug-likeness (QED) is 0.501. The largest absolute Gasteiger partial charge is 0.368 e. The Bertz CT molecular complexity index is 227. The van der Waals surface area contributed by atoms with E-state index in [0.29, 0.717) is 0 Å². The second kappa shape index (κ2) is 11.3. The Hall–Kier alpha value is -0.570. The zero-order chi connectivity index (χ0) is 14.6. The van der Waals surface area contributed by atoms with Crippen LogP contribution in [0.15, 0.2) is 0 Å². The zero-order valence-corrected chi connectivity index (χ0v) is 13.3. The van der Waals surface area contributed by atoms with Gasteiger partial charge in [-0.25, -0.2) is 0 Å². The lowest BCUT2D eigenvalue weighted by Crippen LogP contribution is -2.50. The van der Waals surface area contributed by atoms with E-state index in [4.69, 9.17) is 5.73 Å². The first-order valence-electron chi connectivity index (χ1n) is 8.05. The smallest absolute Gasteiger partial charge is 0.237 e. The van der Waals surface area contributed by atoms with Crippen LogP contribution in [0.25, 0.3) is 0 Å². The summed E-state index contributed by atoms with van der Waals surface area (Å²) in [5, 5.41) is 3.21. The molecule has 0 bridgehead atoms. The van der Waals surface area contributed by atoms with Crippen molar-refractivity contribution in [3.05, 3.63) is 0 Å². The lowest BCUT2D eigenvalue weighted by atomic mass is 10.0. The molecule has 0 aliphatic rings. The number of carbonyl (C=O) groups excluding carboxylic acids is 1. The second-order valence-corrected chi connectivity index (χ2v) is 6.10. The van der Waals surface area contributed by atoms with Crippen molar-refractivity contribution < 1.29 is 4.79 Å². The van der Waals surface area contributed by atoms with Gasteiger partial charge in [-0.05, 0) is 26.8 Å². The number of hydrogen-bond donors (Lipinski definition) is 2. The SMILES string of the molecule is CCCCCCCCCCCCNC(C)(C)C(N)=O. The summed E-state index contributed by atoms with van der Waals surface area (Å²) < 4.78 is 0. The van der Waals surface area contributed by atoms with Crippen molar-refractivity contribution in [2.75, 3.05) is 6.54 Å². The fourth-order valence-electron chi connectivity index (χ4n) is 2.10. The molecule has 0 heterocycles. The molecule has 0 aliphatic carbocycles. The van der Waals surface area contributed by atoms with Crippen LogP contribution < -0.4 is 11.1 Å². The summed E-state index contributed by atoms with van der Waals surface area (Å²) in [4.78, 5) is 11.1. The summed E-state index contributed by atoms with van der Waals surface area (Å²) in [6.07, 6.45) is 13.3. The van der Waals surface area contributed by atoms with Gasteiger partial charge in [-0.3, -0.25) is 4.79 Å². The molecule has 0 saturated carbocycles. The van der Waals surface area contributed by atoms with Crippen LogP contribution in [-0.4, -0.2) is 18.0 Å². The molecule has 0 saturated heterocycles. The van der Waals surface area contributed by atoms with E-state index in [9.17, 15) is 4.79 Å². The predicted octanol–water partition coefficient (Wildman–Crippen LogP) is 3.76. The van der Waals surface area contributed by atoms with E-state index in [1.807, 2.05) is 13.8 Å². The number of unbranched alkanes of at least 4 members (excludes halogenated alkanes) is 9. The number of rotatable bonds is 13. The highest BCUT2D eigenvalue weighted by molar-refractivity contribution is 5.83. The van der Waals surface area contributed by atoms with Gasteiger partial charge in [0.25, 0.3) is 0 Å². The van der Waals surface area contributed by atoms with Crippen LogP contribution >= 0.6 is 0 Å². The Kier molecular flexibility index (Phi) is 10.9. The van der Waals surface area contributed by atoms with Crippen molar-refractivity contribution >= 4 is 5.91 Å². The Morgan fingerprint density at radius 3 is 1.74 bits per heavy atom. The molecule has 0 aliphatic heterocycles. The van der Waals surface area contributed by atoms with Crippen LogP contribution in [-0.2, 0) is 4.79 Å². The molecule has 0 atom stereocenters. The molecule has 114 valence electrons. The van der Waals surface area contributed by atoms with Gasteiger partial charge in [-0.1, -0.05) is 64.7 Å². The Balaban J connectivity index is 3.21. The van der Waals surface area contributed by atoms with Crippen LogP contribution in [0.4, 0.5) is 0 Å². The molecule has 3 N–H and O–H groups in total. The maximum atomic E-state index is 11.1. The normalized spacial score (nSPS) is 11.7. The molecule has 3 heteroatoms. The first-order chi connectivity index (χ1) is 9.00. The van der Waals surface area contributed by atoms with Crippen molar-refractivity contribution in [1.82, 2.24) is 5.32 Å². The monoisotopic (exact) mass is 270 g/mol. The third-order valence-corrected chi connectivity index (χ3v) is 3.71. The van der Waals surface area contributed by atoms with Gasteiger partial charge in [-0.2, -0.15) is 0 Å². The number of hydrogen-bond acceptors (Lipinski definition) is 2. The van der Waals surface area contributed by atoms with Gasteiger partial charge in [0.1, 0.15) is 0 Å². The first-order valence-corrected chi connectivity index (χ1v) is 8.05. The van der Waals surface area contributed by atoms with E-state index in [0.717, 1.165) is 13.0 Å². The maximum absolute atomic E-state index is 11.1. The second-order valence-electron chi connectivity index (χ2n) is 6.10. The number of nitrogens with two attached hydrogens (primary N) is 1. The molecule has 0 unspecified atom stereocenters. The van der Waals surface area contributed by atoms with Crippen molar-refractivity contribution in [1.29, 1.82) is 0 Å². The topological polar surface area (TPSA) is 55.1 Å². The van der Waals surface area contributed by atoms with Gasteiger partial charge >= 0.3 is 0 Å². The molecular formula is C16H34N2O. The van der Waals surface area contributed by atoms with Crippen LogP contribution in [0.5, 0.6) is 0 Å². The van der Waals surface area contributed by atoms with Gasteiger partial charge in [0, 0.05) is 0 Å². The van der Waals surface area contributed by atoms with Crippen LogP contribution in [0.1, 0.15) is 85.0 Å². The summed E-state index contributed by atoms with van der Waals surface area (Å²) >= 11 is 0. The van der Waals surface area contributed by atoms with Gasteiger partial charge in [0.2, 0.25) is 5.91 Å². The minimum atomic E-state index is -0.570. The molecule has 19 heavy (non-hydrogen) atoms. The van der Waals surface area contributed by atoms with E-state index < -0.39 is 5.54 Å². The summed E-state index contributed by atoms with van der Waals surface area (Å²) in [5.41, 5.74) is 4.73. The molecule has 0 aromatic rings. The highest BCUT2D eigenvalue weighted by Gasteiger charge is 2.22. The van der Waals surface area contributed by atoms with E-state index in [-0.39, 0.29) is 5.91 Å². The van der Waals surface area contributed by atoms with Crippen molar-refractivity contribution in [3.8, 4) is 0 Å². The fraction of sp³-hybridized carbons (Fsp3) is 0.938. The molecule has 0 fully saturated rings. The average Bonchev–Trinajstić information content (AvgIpc) is 2.35. The van der Waals surface area contributed by atoms with E-state index in [1.54, 1.807) is 0 Å². The summed E-state index contributed by atoms with van der Waals surface area (Å²) in [5.74, 6) is -0.278. The predicted molar refractivity (Wildman–Crippen MR) is 83.1 cm³/mol. The summed E-state index contributed by atoms with van der Waals surface area (Å²) in [7, 11) is 0.